The van der Waals surface area contributed by atoms with E-state index in [1.165, 1.54) is 0 Å². The van der Waals surface area contributed by atoms with Crippen molar-refractivity contribution in [3.05, 3.63) is 0 Å². The highest BCUT2D eigenvalue weighted by atomic mass is 16.5. The van der Waals surface area contributed by atoms with Crippen LogP contribution in [0.3, 0.4) is 0 Å². The monoisotopic (exact) mass is 202 g/mol. The van der Waals surface area contributed by atoms with E-state index in [-0.39, 0.29) is 6.10 Å². The first kappa shape index (κ1) is 13.9. The first-order valence-electron chi connectivity index (χ1n) is 5.48. The number of methoxy groups -OCH3 is 1. The van der Waals surface area contributed by atoms with Gasteiger partial charge in [-0.15, -0.1) is 0 Å². The van der Waals surface area contributed by atoms with Gasteiger partial charge in [0.05, 0.1) is 6.10 Å². The molecule has 0 spiro atoms. The van der Waals surface area contributed by atoms with Gasteiger partial charge in [0.2, 0.25) is 0 Å². The summed E-state index contributed by atoms with van der Waals surface area (Å²) in [6.07, 6.45) is 0.163. The van der Waals surface area contributed by atoms with Crippen molar-refractivity contribution in [3.8, 4) is 0 Å². The van der Waals surface area contributed by atoms with Crippen LogP contribution in [-0.2, 0) is 4.74 Å². The molecule has 2 N–H and O–H groups in total. The molecule has 0 aliphatic carbocycles. The molecule has 0 rings (SSSR count). The van der Waals surface area contributed by atoms with E-state index < -0.39 is 0 Å². The van der Waals surface area contributed by atoms with Gasteiger partial charge in [-0.3, -0.25) is 4.90 Å². The molecule has 0 saturated heterocycles. The second-order valence-electron chi connectivity index (χ2n) is 4.53. The van der Waals surface area contributed by atoms with Crippen molar-refractivity contribution >= 4 is 0 Å². The summed E-state index contributed by atoms with van der Waals surface area (Å²) in [5, 5.41) is 0. The molecule has 14 heavy (non-hydrogen) atoms. The van der Waals surface area contributed by atoms with E-state index in [0.29, 0.717) is 18.5 Å². The predicted octanol–water partition coefficient (Wildman–Crippen LogP) is 1.33. The van der Waals surface area contributed by atoms with Gasteiger partial charge < -0.3 is 10.5 Å². The van der Waals surface area contributed by atoms with Gasteiger partial charge in [0, 0.05) is 32.8 Å². The fourth-order valence-electron chi connectivity index (χ4n) is 1.47. The molecule has 86 valence electrons. The zero-order chi connectivity index (χ0) is 11.1. The number of ether oxygens (including phenoxy) is 1. The number of hydrogen-bond acceptors (Lipinski definition) is 3. The Kier molecular flexibility index (Phi) is 7.15. The third-order valence-electron chi connectivity index (χ3n) is 2.36. The summed E-state index contributed by atoms with van der Waals surface area (Å²) in [5.41, 5.74) is 5.61. The molecule has 0 heterocycles. The molecule has 0 aliphatic rings. The SMILES string of the molecule is COC(CN)CN(CC(C)C)C(C)C. The lowest BCUT2D eigenvalue weighted by atomic mass is 10.1. The molecule has 1 atom stereocenters. The normalized spacial score (nSPS) is 14.4. The van der Waals surface area contributed by atoms with Gasteiger partial charge in [-0.1, -0.05) is 13.8 Å². The second-order valence-corrected chi connectivity index (χ2v) is 4.53. The molecule has 0 aromatic rings. The van der Waals surface area contributed by atoms with Crippen LogP contribution in [0, 0.1) is 5.92 Å². The summed E-state index contributed by atoms with van der Waals surface area (Å²) in [5.74, 6) is 0.688. The summed E-state index contributed by atoms with van der Waals surface area (Å²) in [4.78, 5) is 2.42. The minimum absolute atomic E-state index is 0.163. The highest BCUT2D eigenvalue weighted by Crippen LogP contribution is 2.06. The van der Waals surface area contributed by atoms with E-state index in [9.17, 15) is 0 Å². The number of hydrogen-bond donors (Lipinski definition) is 1. The summed E-state index contributed by atoms with van der Waals surface area (Å²) in [6, 6.07) is 0.557. The maximum absolute atomic E-state index is 5.61. The van der Waals surface area contributed by atoms with Crippen molar-refractivity contribution in [2.24, 2.45) is 11.7 Å². The van der Waals surface area contributed by atoms with E-state index in [2.05, 4.69) is 32.6 Å². The van der Waals surface area contributed by atoms with Gasteiger partial charge in [-0.05, 0) is 19.8 Å². The van der Waals surface area contributed by atoms with Gasteiger partial charge in [0.15, 0.2) is 0 Å². The molecule has 0 fully saturated rings. The summed E-state index contributed by atoms with van der Waals surface area (Å²) >= 11 is 0. The van der Waals surface area contributed by atoms with Crippen LogP contribution in [0.2, 0.25) is 0 Å². The maximum Gasteiger partial charge on any atom is 0.0820 e. The van der Waals surface area contributed by atoms with Gasteiger partial charge in [0.1, 0.15) is 0 Å². The average molecular weight is 202 g/mol. The summed E-state index contributed by atoms with van der Waals surface area (Å²) < 4.78 is 5.30. The van der Waals surface area contributed by atoms with Crippen molar-refractivity contribution in [3.63, 3.8) is 0 Å². The van der Waals surface area contributed by atoms with E-state index in [0.717, 1.165) is 13.1 Å². The van der Waals surface area contributed by atoms with Crippen molar-refractivity contribution in [1.29, 1.82) is 0 Å². The lowest BCUT2D eigenvalue weighted by Crippen LogP contribution is -2.42. The van der Waals surface area contributed by atoms with Gasteiger partial charge in [-0.25, -0.2) is 0 Å². The number of rotatable bonds is 7. The molecule has 3 heteroatoms. The smallest absolute Gasteiger partial charge is 0.0820 e. The Morgan fingerprint density at radius 3 is 2.00 bits per heavy atom. The Hall–Kier alpha value is -0.120. The van der Waals surface area contributed by atoms with Crippen molar-refractivity contribution in [1.82, 2.24) is 4.90 Å². The lowest BCUT2D eigenvalue weighted by Gasteiger charge is -2.31. The van der Waals surface area contributed by atoms with E-state index in [4.69, 9.17) is 10.5 Å². The summed E-state index contributed by atoms with van der Waals surface area (Å²) in [7, 11) is 1.73. The lowest BCUT2D eigenvalue weighted by molar-refractivity contribution is 0.0543. The van der Waals surface area contributed by atoms with Crippen LogP contribution in [0.5, 0.6) is 0 Å². The Labute approximate surface area is 88.6 Å². The first-order chi connectivity index (χ1) is 6.51. The fourth-order valence-corrected chi connectivity index (χ4v) is 1.47. The zero-order valence-electron chi connectivity index (χ0n) is 10.3. The van der Waals surface area contributed by atoms with Crippen LogP contribution in [-0.4, -0.2) is 43.8 Å². The molecule has 1 unspecified atom stereocenters. The molecule has 0 aromatic heterocycles. The highest BCUT2D eigenvalue weighted by Gasteiger charge is 2.15. The molecular weight excluding hydrogens is 176 g/mol. The van der Waals surface area contributed by atoms with Crippen LogP contribution in [0.15, 0.2) is 0 Å². The molecule has 0 aromatic carbocycles. The molecule has 0 radical (unpaired) electrons. The first-order valence-corrected chi connectivity index (χ1v) is 5.48. The predicted molar refractivity (Wildman–Crippen MR) is 61.4 cm³/mol. The minimum Gasteiger partial charge on any atom is -0.379 e. The van der Waals surface area contributed by atoms with Crippen LogP contribution in [0.4, 0.5) is 0 Å². The van der Waals surface area contributed by atoms with Crippen LogP contribution in [0.1, 0.15) is 27.7 Å². The van der Waals surface area contributed by atoms with Crippen LogP contribution < -0.4 is 5.73 Å². The van der Waals surface area contributed by atoms with Gasteiger partial charge in [0.25, 0.3) is 0 Å². The highest BCUT2D eigenvalue weighted by molar-refractivity contribution is 4.70. The van der Waals surface area contributed by atoms with Crippen molar-refractivity contribution in [2.75, 3.05) is 26.7 Å². The fraction of sp³-hybridized carbons (Fsp3) is 1.00. The minimum atomic E-state index is 0.163. The summed E-state index contributed by atoms with van der Waals surface area (Å²) in [6.45, 7) is 11.5. The Morgan fingerprint density at radius 1 is 1.14 bits per heavy atom. The van der Waals surface area contributed by atoms with Crippen LogP contribution >= 0.6 is 0 Å². The second kappa shape index (κ2) is 7.21. The number of nitrogens with zero attached hydrogens (tertiary/aromatic N) is 1. The van der Waals surface area contributed by atoms with Crippen molar-refractivity contribution in [2.45, 2.75) is 39.8 Å². The van der Waals surface area contributed by atoms with Gasteiger partial charge in [-0.2, -0.15) is 0 Å². The van der Waals surface area contributed by atoms with Crippen molar-refractivity contribution < 1.29 is 4.74 Å². The van der Waals surface area contributed by atoms with Crippen LogP contribution in [0.25, 0.3) is 0 Å². The molecule has 0 aliphatic heterocycles. The molecule has 0 amide bonds. The Bertz CT molecular complexity index is 133. The quantitative estimate of drug-likeness (QED) is 0.677. The number of nitrogens with two attached hydrogens (primary N) is 1. The third kappa shape index (κ3) is 5.58. The topological polar surface area (TPSA) is 38.5 Å². The van der Waals surface area contributed by atoms with Gasteiger partial charge >= 0.3 is 0 Å². The molecule has 0 saturated carbocycles. The van der Waals surface area contributed by atoms with E-state index >= 15 is 0 Å². The Balaban J connectivity index is 4.07. The van der Waals surface area contributed by atoms with E-state index in [1.807, 2.05) is 0 Å². The Morgan fingerprint density at radius 2 is 1.71 bits per heavy atom. The average Bonchev–Trinajstić information content (AvgIpc) is 2.11. The van der Waals surface area contributed by atoms with E-state index in [1.54, 1.807) is 7.11 Å². The molecule has 0 bridgehead atoms. The molecular formula is C11H26N2O. The standard InChI is InChI=1S/C11H26N2O/c1-9(2)7-13(10(3)4)8-11(6-12)14-5/h9-11H,6-8,12H2,1-5H3. The zero-order valence-corrected chi connectivity index (χ0v) is 10.3. The largest absolute Gasteiger partial charge is 0.379 e. The third-order valence-corrected chi connectivity index (χ3v) is 2.36. The molecule has 3 nitrogen and oxygen atoms in total. The maximum atomic E-state index is 5.61.